The summed E-state index contributed by atoms with van der Waals surface area (Å²) in [6.45, 7) is 0.704. The van der Waals surface area contributed by atoms with Crippen LogP contribution in [0.5, 0.6) is 0 Å². The Morgan fingerprint density at radius 1 is 0.818 bits per heavy atom. The Labute approximate surface area is 203 Å². The molecule has 4 nitrogen and oxygen atoms in total. The molecule has 1 amide bonds. The molecule has 0 radical (unpaired) electrons. The lowest BCUT2D eigenvalue weighted by atomic mass is 9.97. The molecule has 3 aromatic rings. The molecule has 0 spiro atoms. The van der Waals surface area contributed by atoms with Crippen molar-refractivity contribution in [2.75, 3.05) is 13.7 Å². The van der Waals surface area contributed by atoms with E-state index in [0.717, 1.165) is 28.3 Å². The van der Waals surface area contributed by atoms with E-state index in [-0.39, 0.29) is 5.91 Å². The SMILES string of the molecule is COC(=O)/C=C/C(=O)N(CC=C(c1ccc(Cl)cc1)c1ccc(Cl)cc1)Cc1ccccc1. The van der Waals surface area contributed by atoms with E-state index in [1.54, 1.807) is 4.90 Å². The summed E-state index contributed by atoms with van der Waals surface area (Å²) in [4.78, 5) is 26.0. The molecule has 0 unspecified atom stereocenters. The van der Waals surface area contributed by atoms with Crippen molar-refractivity contribution in [1.82, 2.24) is 4.90 Å². The summed E-state index contributed by atoms with van der Waals surface area (Å²) in [5.41, 5.74) is 3.83. The lowest BCUT2D eigenvalue weighted by Crippen LogP contribution is -2.29. The molecule has 0 fully saturated rings. The normalized spacial score (nSPS) is 10.6. The fourth-order valence-corrected chi connectivity index (χ4v) is 3.46. The van der Waals surface area contributed by atoms with Crippen LogP contribution >= 0.6 is 23.2 Å². The molecular formula is C27H23Cl2NO3. The van der Waals surface area contributed by atoms with Crippen molar-refractivity contribution in [3.05, 3.63) is 124 Å². The minimum absolute atomic E-state index is 0.299. The van der Waals surface area contributed by atoms with Gasteiger partial charge >= 0.3 is 5.97 Å². The maximum atomic E-state index is 12.9. The van der Waals surface area contributed by atoms with Gasteiger partial charge in [-0.1, -0.05) is 83.9 Å². The number of nitrogens with zero attached hydrogens (tertiary/aromatic N) is 1. The van der Waals surface area contributed by atoms with Gasteiger partial charge in [0.2, 0.25) is 5.91 Å². The van der Waals surface area contributed by atoms with E-state index in [2.05, 4.69) is 4.74 Å². The largest absolute Gasteiger partial charge is 0.466 e. The van der Waals surface area contributed by atoms with E-state index in [0.29, 0.717) is 23.1 Å². The molecule has 33 heavy (non-hydrogen) atoms. The molecule has 0 heterocycles. The number of ether oxygens (including phenoxy) is 1. The molecule has 0 atom stereocenters. The topological polar surface area (TPSA) is 46.6 Å². The Hall–Kier alpha value is -3.34. The van der Waals surface area contributed by atoms with Crippen molar-refractivity contribution in [1.29, 1.82) is 0 Å². The number of amides is 1. The highest BCUT2D eigenvalue weighted by Crippen LogP contribution is 2.26. The van der Waals surface area contributed by atoms with Crippen LogP contribution in [0.25, 0.3) is 5.57 Å². The van der Waals surface area contributed by atoms with Crippen molar-refractivity contribution in [3.63, 3.8) is 0 Å². The molecule has 0 aromatic heterocycles. The summed E-state index contributed by atoms with van der Waals surface area (Å²) in [6, 6.07) is 24.7. The number of methoxy groups -OCH3 is 1. The average Bonchev–Trinajstić information content (AvgIpc) is 2.84. The zero-order valence-corrected chi connectivity index (χ0v) is 19.6. The highest BCUT2D eigenvalue weighted by molar-refractivity contribution is 6.31. The molecule has 0 saturated heterocycles. The van der Waals surface area contributed by atoms with Gasteiger partial charge in [0.25, 0.3) is 0 Å². The number of rotatable bonds is 8. The molecule has 0 saturated carbocycles. The van der Waals surface area contributed by atoms with Crippen molar-refractivity contribution in [2.45, 2.75) is 6.54 Å². The first-order valence-corrected chi connectivity index (χ1v) is 11.0. The Balaban J connectivity index is 1.95. The number of hydrogen-bond donors (Lipinski definition) is 0. The standard InChI is InChI=1S/C27H23Cl2NO3/c1-33-27(32)16-15-26(31)30(19-20-5-3-2-4-6-20)18-17-25(21-7-11-23(28)12-8-21)22-9-13-24(29)14-10-22/h2-17H,18-19H2,1H3/b16-15+. The van der Waals surface area contributed by atoms with Crippen molar-refractivity contribution in [2.24, 2.45) is 0 Å². The van der Waals surface area contributed by atoms with Gasteiger partial charge in [-0.05, 0) is 46.5 Å². The van der Waals surface area contributed by atoms with Gasteiger partial charge in [0.15, 0.2) is 0 Å². The summed E-state index contributed by atoms with van der Waals surface area (Å²) in [7, 11) is 1.27. The summed E-state index contributed by atoms with van der Waals surface area (Å²) < 4.78 is 4.60. The molecule has 0 aliphatic heterocycles. The Bertz CT molecular complexity index is 1090. The second kappa shape index (κ2) is 12.0. The molecule has 3 aromatic carbocycles. The van der Waals surface area contributed by atoms with Crippen molar-refractivity contribution >= 4 is 40.7 Å². The van der Waals surface area contributed by atoms with Crippen molar-refractivity contribution in [3.8, 4) is 0 Å². The molecule has 0 aliphatic rings. The molecule has 6 heteroatoms. The first-order chi connectivity index (χ1) is 16.0. The smallest absolute Gasteiger partial charge is 0.330 e. The molecule has 3 rings (SSSR count). The maximum absolute atomic E-state index is 12.9. The minimum Gasteiger partial charge on any atom is -0.466 e. The summed E-state index contributed by atoms with van der Waals surface area (Å²) in [5, 5.41) is 1.28. The third kappa shape index (κ3) is 7.35. The Morgan fingerprint density at radius 3 is 1.88 bits per heavy atom. The van der Waals surface area contributed by atoms with Crippen LogP contribution in [0, 0.1) is 0 Å². The first-order valence-electron chi connectivity index (χ1n) is 10.3. The van der Waals surface area contributed by atoms with E-state index < -0.39 is 5.97 Å². The Morgan fingerprint density at radius 2 is 1.36 bits per heavy atom. The third-order valence-electron chi connectivity index (χ3n) is 4.92. The second-order valence-corrected chi connectivity index (χ2v) is 8.07. The van der Waals surface area contributed by atoms with Gasteiger partial charge in [0.05, 0.1) is 7.11 Å². The van der Waals surface area contributed by atoms with Crippen LogP contribution in [0.4, 0.5) is 0 Å². The fraction of sp³-hybridized carbons (Fsp3) is 0.111. The highest BCUT2D eigenvalue weighted by Gasteiger charge is 2.13. The number of esters is 1. The molecule has 0 aliphatic carbocycles. The molecular weight excluding hydrogens is 457 g/mol. The lowest BCUT2D eigenvalue weighted by molar-refractivity contribution is -0.135. The van der Waals surface area contributed by atoms with Crippen LogP contribution in [-0.2, 0) is 20.9 Å². The summed E-state index contributed by atoms with van der Waals surface area (Å²) in [6.07, 6.45) is 4.34. The fourth-order valence-electron chi connectivity index (χ4n) is 3.21. The van der Waals surface area contributed by atoms with Crippen LogP contribution in [-0.4, -0.2) is 30.4 Å². The number of hydrogen-bond acceptors (Lipinski definition) is 3. The van der Waals surface area contributed by atoms with Gasteiger partial charge in [-0.2, -0.15) is 0 Å². The van der Waals surface area contributed by atoms with Crippen LogP contribution in [0.15, 0.2) is 97.1 Å². The number of benzene rings is 3. The first kappa shape index (κ1) is 24.3. The van der Waals surface area contributed by atoms with Crippen LogP contribution in [0.2, 0.25) is 10.0 Å². The van der Waals surface area contributed by atoms with Gasteiger partial charge in [-0.15, -0.1) is 0 Å². The van der Waals surface area contributed by atoms with E-state index in [9.17, 15) is 9.59 Å². The number of carbonyl (C=O) groups excluding carboxylic acids is 2. The summed E-state index contributed by atoms with van der Waals surface area (Å²) in [5.74, 6) is -0.881. The monoisotopic (exact) mass is 479 g/mol. The number of carbonyl (C=O) groups is 2. The maximum Gasteiger partial charge on any atom is 0.330 e. The van der Waals surface area contributed by atoms with E-state index in [1.165, 1.54) is 13.2 Å². The lowest BCUT2D eigenvalue weighted by Gasteiger charge is -2.21. The van der Waals surface area contributed by atoms with Gasteiger partial charge in [0.1, 0.15) is 0 Å². The minimum atomic E-state index is -0.582. The van der Waals surface area contributed by atoms with E-state index in [1.807, 2.05) is 84.9 Å². The number of halogens is 2. The summed E-state index contributed by atoms with van der Waals surface area (Å²) >= 11 is 12.2. The van der Waals surface area contributed by atoms with Gasteiger partial charge in [-0.25, -0.2) is 4.79 Å². The molecule has 168 valence electrons. The average molecular weight is 480 g/mol. The predicted molar refractivity (Wildman–Crippen MR) is 133 cm³/mol. The van der Waals surface area contributed by atoms with E-state index >= 15 is 0 Å². The second-order valence-electron chi connectivity index (χ2n) is 7.19. The zero-order valence-electron chi connectivity index (χ0n) is 18.1. The quantitative estimate of drug-likeness (QED) is 0.286. The molecule has 0 bridgehead atoms. The highest BCUT2D eigenvalue weighted by atomic mass is 35.5. The van der Waals surface area contributed by atoms with Gasteiger partial charge in [0, 0.05) is 35.3 Å². The van der Waals surface area contributed by atoms with E-state index in [4.69, 9.17) is 23.2 Å². The van der Waals surface area contributed by atoms with Crippen LogP contribution in [0.1, 0.15) is 16.7 Å². The van der Waals surface area contributed by atoms with Gasteiger partial charge in [-0.3, -0.25) is 4.79 Å². The Kier molecular flexibility index (Phi) is 8.87. The third-order valence-corrected chi connectivity index (χ3v) is 5.42. The van der Waals surface area contributed by atoms with Crippen LogP contribution < -0.4 is 0 Å². The predicted octanol–water partition coefficient (Wildman–Crippen LogP) is 6.18. The zero-order chi connectivity index (χ0) is 23.6. The van der Waals surface area contributed by atoms with Crippen molar-refractivity contribution < 1.29 is 14.3 Å². The molecule has 0 N–H and O–H groups in total. The van der Waals surface area contributed by atoms with Crippen LogP contribution in [0.3, 0.4) is 0 Å². The van der Waals surface area contributed by atoms with Gasteiger partial charge < -0.3 is 9.64 Å².